The maximum atomic E-state index is 12.0. The molecule has 0 saturated carbocycles. The molecule has 0 bridgehead atoms. The van der Waals surface area contributed by atoms with E-state index in [9.17, 15) is 9.59 Å². The first kappa shape index (κ1) is 14.9. The van der Waals surface area contributed by atoms with Gasteiger partial charge in [-0.25, -0.2) is 4.79 Å². The smallest absolute Gasteiger partial charge is 0.327 e. The van der Waals surface area contributed by atoms with Crippen molar-refractivity contribution in [2.45, 2.75) is 31.7 Å². The maximum absolute atomic E-state index is 12.0. The Morgan fingerprint density at radius 2 is 2.00 bits per heavy atom. The number of carboxylic acid groups (broad SMARTS) is 1. The van der Waals surface area contributed by atoms with E-state index in [0.717, 1.165) is 19.3 Å². The van der Waals surface area contributed by atoms with Gasteiger partial charge in [0.05, 0.1) is 5.88 Å². The zero-order chi connectivity index (χ0) is 14.4. The third-order valence-electron chi connectivity index (χ3n) is 3.44. The van der Waals surface area contributed by atoms with Crippen LogP contribution in [-0.4, -0.2) is 39.6 Å². The molecule has 1 heterocycles. The van der Waals surface area contributed by atoms with E-state index in [1.54, 1.807) is 0 Å². The van der Waals surface area contributed by atoms with E-state index in [-0.39, 0.29) is 5.91 Å². The summed E-state index contributed by atoms with van der Waals surface area (Å²) >= 11 is 1.51. The van der Waals surface area contributed by atoms with E-state index in [1.807, 2.05) is 18.2 Å². The van der Waals surface area contributed by atoms with Gasteiger partial charge in [-0.3, -0.25) is 4.79 Å². The van der Waals surface area contributed by atoms with Crippen molar-refractivity contribution < 1.29 is 14.7 Å². The number of nitrogens with zero attached hydrogens (tertiary/aromatic N) is 1. The molecule has 1 aromatic rings. The van der Waals surface area contributed by atoms with E-state index >= 15 is 0 Å². The number of rotatable bonds is 6. The maximum Gasteiger partial charge on any atom is 0.327 e. The van der Waals surface area contributed by atoms with E-state index in [4.69, 9.17) is 5.11 Å². The van der Waals surface area contributed by atoms with Crippen LogP contribution >= 0.6 is 11.8 Å². The van der Waals surface area contributed by atoms with Crippen LogP contribution in [0.4, 0.5) is 0 Å². The average molecular weight is 293 g/mol. The molecule has 1 N–H and O–H groups in total. The van der Waals surface area contributed by atoms with Gasteiger partial charge in [-0.05, 0) is 24.8 Å². The molecule has 1 aliphatic heterocycles. The minimum Gasteiger partial charge on any atom is -0.480 e. The van der Waals surface area contributed by atoms with E-state index in [1.165, 1.54) is 22.2 Å². The van der Waals surface area contributed by atoms with E-state index in [0.29, 0.717) is 18.1 Å². The molecule has 1 aromatic carbocycles. The molecule has 2 rings (SSSR count). The Labute approximate surface area is 123 Å². The largest absolute Gasteiger partial charge is 0.480 e. The van der Waals surface area contributed by atoms with E-state index in [2.05, 4.69) is 12.1 Å². The predicted octanol–water partition coefficient (Wildman–Crippen LogP) is 2.39. The summed E-state index contributed by atoms with van der Waals surface area (Å²) in [4.78, 5) is 24.5. The lowest BCUT2D eigenvalue weighted by molar-refractivity contribution is -0.147. The van der Waals surface area contributed by atoms with Crippen molar-refractivity contribution in [2.24, 2.45) is 0 Å². The van der Waals surface area contributed by atoms with Gasteiger partial charge in [0.2, 0.25) is 5.91 Å². The molecule has 0 aliphatic carbocycles. The minimum absolute atomic E-state index is 0.0320. The lowest BCUT2D eigenvalue weighted by Gasteiger charge is -2.20. The molecule has 1 fully saturated rings. The molecule has 0 spiro atoms. The molecule has 1 atom stereocenters. The Hall–Kier alpha value is -1.49. The number of aryl methyl sites for hydroxylation is 1. The summed E-state index contributed by atoms with van der Waals surface area (Å²) in [7, 11) is 0. The quantitative estimate of drug-likeness (QED) is 0.818. The second-order valence-electron chi connectivity index (χ2n) is 4.91. The molecular formula is C15H19NO3S. The second kappa shape index (κ2) is 7.33. The fourth-order valence-corrected chi connectivity index (χ4v) is 3.46. The van der Waals surface area contributed by atoms with Crippen molar-refractivity contribution >= 4 is 23.6 Å². The summed E-state index contributed by atoms with van der Waals surface area (Å²) in [6.45, 7) is 0. The molecule has 4 nitrogen and oxygen atoms in total. The number of carbonyl (C=O) groups excluding carboxylic acids is 1. The standard InChI is InChI=1S/C15H19NO3S/c17-14(16-11-20-10-13(16)15(18)19)9-5-4-8-12-6-2-1-3-7-12/h1-3,6-7,13H,4-5,8-11H2,(H,18,19)/t13-/m1/s1. The number of carboxylic acids is 1. The van der Waals surface area contributed by atoms with Crippen LogP contribution in [-0.2, 0) is 16.0 Å². The van der Waals surface area contributed by atoms with Crippen molar-refractivity contribution in [1.82, 2.24) is 4.90 Å². The Morgan fingerprint density at radius 3 is 2.70 bits per heavy atom. The highest BCUT2D eigenvalue weighted by Crippen LogP contribution is 2.22. The van der Waals surface area contributed by atoms with Crippen LogP contribution in [0.3, 0.4) is 0 Å². The molecule has 1 saturated heterocycles. The van der Waals surface area contributed by atoms with E-state index < -0.39 is 12.0 Å². The molecule has 1 amide bonds. The third kappa shape index (κ3) is 4.00. The third-order valence-corrected chi connectivity index (χ3v) is 4.45. The van der Waals surface area contributed by atoms with Crippen LogP contribution in [0.15, 0.2) is 30.3 Å². The van der Waals surface area contributed by atoms with Crippen LogP contribution in [0.25, 0.3) is 0 Å². The number of thioether (sulfide) groups is 1. The highest BCUT2D eigenvalue weighted by atomic mass is 32.2. The van der Waals surface area contributed by atoms with Crippen LogP contribution < -0.4 is 0 Å². The lowest BCUT2D eigenvalue weighted by atomic mass is 10.1. The van der Waals surface area contributed by atoms with Crippen LogP contribution in [0.1, 0.15) is 24.8 Å². The van der Waals surface area contributed by atoms with Crippen LogP contribution in [0.2, 0.25) is 0 Å². The second-order valence-corrected chi connectivity index (χ2v) is 5.91. The average Bonchev–Trinajstić information content (AvgIpc) is 2.94. The summed E-state index contributed by atoms with van der Waals surface area (Å²) < 4.78 is 0. The molecule has 1 aliphatic rings. The monoisotopic (exact) mass is 293 g/mol. The SMILES string of the molecule is O=C(O)[C@H]1CSCN1C(=O)CCCCc1ccccc1. The number of aliphatic carboxylic acids is 1. The number of hydrogen-bond acceptors (Lipinski definition) is 3. The molecular weight excluding hydrogens is 274 g/mol. The van der Waals surface area contributed by atoms with Crippen molar-refractivity contribution in [1.29, 1.82) is 0 Å². The summed E-state index contributed by atoms with van der Waals surface area (Å²) in [5.74, 6) is 0.0858. The Balaban J connectivity index is 1.71. The number of amides is 1. The van der Waals surface area contributed by atoms with Gasteiger partial charge in [-0.15, -0.1) is 11.8 Å². The number of benzene rings is 1. The molecule has 20 heavy (non-hydrogen) atoms. The fourth-order valence-electron chi connectivity index (χ4n) is 2.29. The zero-order valence-electron chi connectivity index (χ0n) is 11.3. The fraction of sp³-hybridized carbons (Fsp3) is 0.467. The molecule has 0 radical (unpaired) electrons. The first-order valence-corrected chi connectivity index (χ1v) is 7.98. The Kier molecular flexibility index (Phi) is 5.47. The van der Waals surface area contributed by atoms with Gasteiger partial charge in [-0.1, -0.05) is 30.3 Å². The van der Waals surface area contributed by atoms with Gasteiger partial charge in [0.25, 0.3) is 0 Å². The van der Waals surface area contributed by atoms with Gasteiger partial charge in [0, 0.05) is 12.2 Å². The zero-order valence-corrected chi connectivity index (χ0v) is 12.1. The normalized spacial score (nSPS) is 18.2. The van der Waals surface area contributed by atoms with Crippen LogP contribution in [0.5, 0.6) is 0 Å². The van der Waals surface area contributed by atoms with Gasteiger partial charge >= 0.3 is 5.97 Å². The van der Waals surface area contributed by atoms with Crippen molar-refractivity contribution in [2.75, 3.05) is 11.6 Å². The first-order valence-electron chi connectivity index (χ1n) is 6.82. The van der Waals surface area contributed by atoms with Crippen molar-refractivity contribution in [3.05, 3.63) is 35.9 Å². The summed E-state index contributed by atoms with van der Waals surface area (Å²) in [5.41, 5.74) is 1.28. The first-order chi connectivity index (χ1) is 9.68. The molecule has 0 aromatic heterocycles. The summed E-state index contributed by atoms with van der Waals surface area (Å²) in [6.07, 6.45) is 3.16. The molecule has 0 unspecified atom stereocenters. The lowest BCUT2D eigenvalue weighted by Crippen LogP contribution is -2.41. The molecule has 108 valence electrons. The number of carbonyl (C=O) groups is 2. The highest BCUT2D eigenvalue weighted by Gasteiger charge is 2.33. The minimum atomic E-state index is -0.896. The Morgan fingerprint density at radius 1 is 1.25 bits per heavy atom. The topological polar surface area (TPSA) is 57.6 Å². The predicted molar refractivity (Wildman–Crippen MR) is 79.6 cm³/mol. The molecule has 5 heteroatoms. The summed E-state index contributed by atoms with van der Waals surface area (Å²) in [6, 6.07) is 9.54. The van der Waals surface area contributed by atoms with Gasteiger partial charge in [-0.2, -0.15) is 0 Å². The van der Waals surface area contributed by atoms with Crippen molar-refractivity contribution in [3.63, 3.8) is 0 Å². The van der Waals surface area contributed by atoms with Gasteiger partial charge < -0.3 is 10.0 Å². The van der Waals surface area contributed by atoms with Gasteiger partial charge in [0.15, 0.2) is 0 Å². The van der Waals surface area contributed by atoms with Gasteiger partial charge in [0.1, 0.15) is 6.04 Å². The van der Waals surface area contributed by atoms with Crippen LogP contribution in [0, 0.1) is 0 Å². The van der Waals surface area contributed by atoms with Crippen molar-refractivity contribution in [3.8, 4) is 0 Å². The number of unbranched alkanes of at least 4 members (excludes halogenated alkanes) is 1. The highest BCUT2D eigenvalue weighted by molar-refractivity contribution is 7.99. The number of hydrogen-bond donors (Lipinski definition) is 1. The Bertz CT molecular complexity index is 463. The summed E-state index contributed by atoms with van der Waals surface area (Å²) in [5, 5.41) is 9.05.